The van der Waals surface area contributed by atoms with Gasteiger partial charge >= 0.3 is 6.09 Å². The number of nitrogens with zero attached hydrogens (tertiary/aromatic N) is 1. The van der Waals surface area contributed by atoms with Crippen molar-refractivity contribution in [1.82, 2.24) is 15.6 Å². The Balaban J connectivity index is 1.57. The Kier molecular flexibility index (Phi) is 8.58. The molecule has 1 aliphatic rings. The lowest BCUT2D eigenvalue weighted by atomic mass is 9.86. The van der Waals surface area contributed by atoms with Crippen LogP contribution in [-0.4, -0.2) is 30.1 Å². The molecule has 4 rings (SSSR count). The maximum absolute atomic E-state index is 13.6. The molecule has 0 radical (unpaired) electrons. The van der Waals surface area contributed by atoms with Gasteiger partial charge in [-0.25, -0.2) is 4.79 Å². The molecule has 2 atom stereocenters. The lowest BCUT2D eigenvalue weighted by molar-refractivity contribution is -0.131. The number of aromatic nitrogens is 1. The van der Waals surface area contributed by atoms with Crippen LogP contribution in [0.1, 0.15) is 36.1 Å². The predicted octanol–water partition coefficient (Wildman–Crippen LogP) is 5.54. The topological polar surface area (TPSA) is 92.3 Å². The number of anilines is 1. The Morgan fingerprint density at radius 2 is 1.66 bits per heavy atom. The smallest absolute Gasteiger partial charge is 0.412 e. The van der Waals surface area contributed by atoms with Crippen LogP contribution in [0.15, 0.2) is 73.1 Å². The number of piperidine rings is 1. The van der Waals surface area contributed by atoms with E-state index in [1.165, 1.54) is 0 Å². The first-order chi connectivity index (χ1) is 17.0. The second kappa shape index (κ2) is 12.0. The number of carbonyl (C=O) groups is 2. The molecule has 3 N–H and O–H groups in total. The van der Waals surface area contributed by atoms with Gasteiger partial charge in [0.25, 0.3) is 5.91 Å². The van der Waals surface area contributed by atoms with Gasteiger partial charge in [-0.2, -0.15) is 0 Å². The zero-order chi connectivity index (χ0) is 24.6. The van der Waals surface area contributed by atoms with Crippen molar-refractivity contribution in [3.05, 3.63) is 94.2 Å². The highest BCUT2D eigenvalue weighted by Crippen LogP contribution is 2.32. The summed E-state index contributed by atoms with van der Waals surface area (Å²) in [6.07, 6.45) is 3.19. The number of carbonyl (C=O) groups excluding carboxylic acids is 2. The minimum atomic E-state index is -1.25. The average molecular weight is 513 g/mol. The third-order valence-corrected chi connectivity index (χ3v) is 6.56. The fraction of sp³-hybridized carbons (Fsp3) is 0.269. The molecule has 1 aliphatic heterocycles. The van der Waals surface area contributed by atoms with Gasteiger partial charge in [0.2, 0.25) is 6.10 Å². The Bertz CT molecular complexity index is 1140. The number of pyridine rings is 1. The number of amides is 2. The average Bonchev–Trinajstić information content (AvgIpc) is 2.88. The molecule has 9 heteroatoms. The number of ether oxygens (including phenoxy) is 1. The van der Waals surface area contributed by atoms with E-state index in [2.05, 4.69) is 20.9 Å². The lowest BCUT2D eigenvalue weighted by Crippen LogP contribution is -2.41. The van der Waals surface area contributed by atoms with Crippen LogP contribution >= 0.6 is 23.2 Å². The summed E-state index contributed by atoms with van der Waals surface area (Å²) in [6.45, 7) is 1.74. The summed E-state index contributed by atoms with van der Waals surface area (Å²) in [4.78, 5) is 30.5. The first-order valence-electron chi connectivity index (χ1n) is 11.4. The molecule has 2 unspecified atom stereocenters. The zero-order valence-electron chi connectivity index (χ0n) is 18.9. The SMILES string of the molecule is O=C(Nc1ccc(Cl)cc1)OC(C(=O)NC(c1ccncc1)C1CCNCC1)c1ccccc1Cl. The van der Waals surface area contributed by atoms with Crippen LogP contribution in [0, 0.1) is 5.92 Å². The molecule has 2 aromatic carbocycles. The van der Waals surface area contributed by atoms with Crippen molar-refractivity contribution in [2.75, 3.05) is 18.4 Å². The van der Waals surface area contributed by atoms with E-state index in [1.807, 2.05) is 12.1 Å². The quantitative estimate of drug-likeness (QED) is 0.386. The molecule has 0 aliphatic carbocycles. The highest BCUT2D eigenvalue weighted by Gasteiger charge is 2.32. The van der Waals surface area contributed by atoms with Crippen LogP contribution in [-0.2, 0) is 9.53 Å². The fourth-order valence-electron chi connectivity index (χ4n) is 4.18. The second-order valence-corrected chi connectivity index (χ2v) is 9.14. The largest absolute Gasteiger partial charge is 0.431 e. The molecule has 1 fully saturated rings. The van der Waals surface area contributed by atoms with Gasteiger partial charge in [-0.3, -0.25) is 15.1 Å². The Morgan fingerprint density at radius 1 is 0.971 bits per heavy atom. The van der Waals surface area contributed by atoms with E-state index in [-0.39, 0.29) is 12.0 Å². The molecular weight excluding hydrogens is 487 g/mol. The Labute approximate surface area is 214 Å². The summed E-state index contributed by atoms with van der Waals surface area (Å²) in [5, 5.41) is 9.98. The van der Waals surface area contributed by atoms with Gasteiger partial charge in [-0.1, -0.05) is 41.4 Å². The molecule has 3 aromatic rings. The summed E-state index contributed by atoms with van der Waals surface area (Å²) in [7, 11) is 0. The van der Waals surface area contributed by atoms with Gasteiger partial charge in [-0.05, 0) is 79.9 Å². The van der Waals surface area contributed by atoms with Crippen LogP contribution in [0.4, 0.5) is 10.5 Å². The summed E-state index contributed by atoms with van der Waals surface area (Å²) < 4.78 is 5.63. The third-order valence-electron chi connectivity index (χ3n) is 5.96. The molecule has 0 bridgehead atoms. The summed E-state index contributed by atoms with van der Waals surface area (Å²) in [5.74, 6) is -0.234. The maximum Gasteiger partial charge on any atom is 0.412 e. The van der Waals surface area contributed by atoms with Crippen molar-refractivity contribution in [3.63, 3.8) is 0 Å². The zero-order valence-corrected chi connectivity index (χ0v) is 20.4. The van der Waals surface area contributed by atoms with Crippen LogP contribution < -0.4 is 16.0 Å². The van der Waals surface area contributed by atoms with Crippen LogP contribution in [0.5, 0.6) is 0 Å². The minimum absolute atomic E-state index is 0.220. The van der Waals surface area contributed by atoms with E-state index < -0.39 is 18.1 Å². The summed E-state index contributed by atoms with van der Waals surface area (Å²) in [6, 6.07) is 16.9. The molecule has 7 nitrogen and oxygen atoms in total. The van der Waals surface area contributed by atoms with Gasteiger partial charge in [0.1, 0.15) is 0 Å². The monoisotopic (exact) mass is 512 g/mol. The molecule has 182 valence electrons. The number of nitrogens with one attached hydrogen (secondary N) is 3. The van der Waals surface area contributed by atoms with Crippen molar-refractivity contribution >= 4 is 40.9 Å². The second-order valence-electron chi connectivity index (χ2n) is 8.29. The fourth-order valence-corrected chi connectivity index (χ4v) is 4.55. The predicted molar refractivity (Wildman–Crippen MR) is 136 cm³/mol. The van der Waals surface area contributed by atoms with Gasteiger partial charge in [0.05, 0.1) is 6.04 Å². The first kappa shape index (κ1) is 25.0. The third kappa shape index (κ3) is 6.72. The van der Waals surface area contributed by atoms with Crippen molar-refractivity contribution in [2.45, 2.75) is 25.0 Å². The molecule has 2 amide bonds. The summed E-state index contributed by atoms with van der Waals surface area (Å²) >= 11 is 12.3. The molecule has 2 heterocycles. The summed E-state index contributed by atoms with van der Waals surface area (Å²) in [5.41, 5.74) is 1.84. The molecular formula is C26H26Cl2N4O3. The van der Waals surface area contributed by atoms with Crippen molar-refractivity contribution < 1.29 is 14.3 Å². The van der Waals surface area contributed by atoms with E-state index in [9.17, 15) is 9.59 Å². The highest BCUT2D eigenvalue weighted by atomic mass is 35.5. The van der Waals surface area contributed by atoms with E-state index in [0.717, 1.165) is 31.5 Å². The van der Waals surface area contributed by atoms with Gasteiger partial charge in [-0.15, -0.1) is 0 Å². The maximum atomic E-state index is 13.6. The highest BCUT2D eigenvalue weighted by molar-refractivity contribution is 6.31. The van der Waals surface area contributed by atoms with E-state index >= 15 is 0 Å². The standard InChI is InChI=1S/C26H26Cl2N4O3/c27-19-5-7-20(8-6-19)31-26(34)35-24(21-3-1-2-4-22(21)28)25(33)32-23(17-9-13-29-14-10-17)18-11-15-30-16-12-18/h1-10,13-14,18,23-24,30H,11-12,15-16H2,(H,31,34)(H,32,33). The molecule has 0 saturated carbocycles. The van der Waals surface area contributed by atoms with Crippen molar-refractivity contribution in [2.24, 2.45) is 5.92 Å². The van der Waals surface area contributed by atoms with E-state index in [0.29, 0.717) is 21.3 Å². The van der Waals surface area contributed by atoms with Crippen LogP contribution in [0.2, 0.25) is 10.0 Å². The number of halogens is 2. The normalized spacial score (nSPS) is 15.6. The lowest BCUT2D eigenvalue weighted by Gasteiger charge is -2.32. The number of hydrogen-bond acceptors (Lipinski definition) is 5. The Hall–Kier alpha value is -3.13. The van der Waals surface area contributed by atoms with E-state index in [4.69, 9.17) is 27.9 Å². The van der Waals surface area contributed by atoms with Gasteiger partial charge in [0, 0.05) is 33.7 Å². The number of benzene rings is 2. The molecule has 35 heavy (non-hydrogen) atoms. The number of hydrogen-bond donors (Lipinski definition) is 3. The minimum Gasteiger partial charge on any atom is -0.431 e. The molecule has 0 spiro atoms. The van der Waals surface area contributed by atoms with Gasteiger partial charge in [0.15, 0.2) is 0 Å². The molecule has 1 saturated heterocycles. The Morgan fingerprint density at radius 3 is 2.34 bits per heavy atom. The van der Waals surface area contributed by atoms with Crippen LogP contribution in [0.25, 0.3) is 0 Å². The first-order valence-corrected chi connectivity index (χ1v) is 12.2. The molecule has 1 aromatic heterocycles. The van der Waals surface area contributed by atoms with E-state index in [1.54, 1.807) is 60.9 Å². The van der Waals surface area contributed by atoms with Gasteiger partial charge < -0.3 is 15.4 Å². The van der Waals surface area contributed by atoms with Crippen LogP contribution in [0.3, 0.4) is 0 Å². The number of rotatable bonds is 7. The van der Waals surface area contributed by atoms with Crippen molar-refractivity contribution in [1.29, 1.82) is 0 Å². The van der Waals surface area contributed by atoms with Crippen molar-refractivity contribution in [3.8, 4) is 0 Å².